The fourth-order valence-electron chi connectivity index (χ4n) is 3.34. The van der Waals surface area contributed by atoms with Crippen molar-refractivity contribution >= 4 is 23.2 Å². The molecule has 0 bridgehead atoms. The Morgan fingerprint density at radius 1 is 1.32 bits per heavy atom. The van der Waals surface area contributed by atoms with Gasteiger partial charge in [-0.1, -0.05) is 0 Å². The van der Waals surface area contributed by atoms with Crippen LogP contribution in [0.4, 0.5) is 0 Å². The molecular formula is C16H23N3O2S. The van der Waals surface area contributed by atoms with E-state index in [-0.39, 0.29) is 17.9 Å². The molecule has 0 spiro atoms. The number of hydrogen-bond donors (Lipinski definition) is 1. The predicted molar refractivity (Wildman–Crippen MR) is 85.9 cm³/mol. The highest BCUT2D eigenvalue weighted by atomic mass is 32.1. The SMILES string of the molecule is CC(=O)N1CCC[C@@H]1C(=O)NCCc1nc2c(s1)CCCC2. The van der Waals surface area contributed by atoms with Gasteiger partial charge in [0.15, 0.2) is 0 Å². The van der Waals surface area contributed by atoms with Crippen molar-refractivity contribution in [3.63, 3.8) is 0 Å². The smallest absolute Gasteiger partial charge is 0.242 e. The third-order valence-electron chi connectivity index (χ3n) is 4.49. The molecule has 1 aromatic rings. The van der Waals surface area contributed by atoms with Gasteiger partial charge in [0.05, 0.1) is 10.7 Å². The number of hydrogen-bond acceptors (Lipinski definition) is 4. The van der Waals surface area contributed by atoms with Crippen LogP contribution in [0.3, 0.4) is 0 Å². The Hall–Kier alpha value is -1.43. The zero-order chi connectivity index (χ0) is 15.5. The van der Waals surface area contributed by atoms with Crippen LogP contribution >= 0.6 is 11.3 Å². The molecule has 6 heteroatoms. The summed E-state index contributed by atoms with van der Waals surface area (Å²) >= 11 is 1.80. The van der Waals surface area contributed by atoms with Gasteiger partial charge in [0, 0.05) is 31.3 Å². The predicted octanol–water partition coefficient (Wildman–Crippen LogP) is 1.69. The Morgan fingerprint density at radius 3 is 2.91 bits per heavy atom. The van der Waals surface area contributed by atoms with E-state index in [4.69, 9.17) is 4.98 Å². The molecule has 2 aliphatic rings. The maximum atomic E-state index is 12.2. The summed E-state index contributed by atoms with van der Waals surface area (Å²) in [6, 6.07) is -0.276. The molecule has 0 radical (unpaired) electrons. The monoisotopic (exact) mass is 321 g/mol. The molecule has 3 rings (SSSR count). The number of fused-ring (bicyclic) bond motifs is 1. The van der Waals surface area contributed by atoms with E-state index in [1.165, 1.54) is 30.3 Å². The number of nitrogens with zero attached hydrogens (tertiary/aromatic N) is 2. The van der Waals surface area contributed by atoms with Crippen molar-refractivity contribution in [1.82, 2.24) is 15.2 Å². The highest BCUT2D eigenvalue weighted by molar-refractivity contribution is 7.11. The van der Waals surface area contributed by atoms with Crippen LogP contribution in [-0.4, -0.2) is 40.8 Å². The van der Waals surface area contributed by atoms with Crippen LogP contribution in [-0.2, 0) is 28.9 Å². The quantitative estimate of drug-likeness (QED) is 0.918. The van der Waals surface area contributed by atoms with Crippen LogP contribution in [0.1, 0.15) is 48.2 Å². The zero-order valence-electron chi connectivity index (χ0n) is 13.1. The fraction of sp³-hybridized carbons (Fsp3) is 0.688. The maximum Gasteiger partial charge on any atom is 0.242 e. The topological polar surface area (TPSA) is 62.3 Å². The second kappa shape index (κ2) is 6.77. The van der Waals surface area contributed by atoms with Crippen LogP contribution in [0.2, 0.25) is 0 Å². The second-order valence-electron chi connectivity index (χ2n) is 6.10. The first-order valence-electron chi connectivity index (χ1n) is 8.17. The summed E-state index contributed by atoms with van der Waals surface area (Å²) < 4.78 is 0. The Balaban J connectivity index is 1.49. The van der Waals surface area contributed by atoms with Crippen molar-refractivity contribution < 1.29 is 9.59 Å². The van der Waals surface area contributed by atoms with Gasteiger partial charge in [-0.05, 0) is 38.5 Å². The standard InChI is InChI=1S/C16H23N3O2S/c1-11(20)19-10-4-6-13(19)16(21)17-9-8-15-18-12-5-2-3-7-14(12)22-15/h13H,2-10H2,1H3,(H,17,21)/t13-/m1/s1. The minimum Gasteiger partial charge on any atom is -0.354 e. The lowest BCUT2D eigenvalue weighted by Crippen LogP contribution is -2.45. The van der Waals surface area contributed by atoms with Crippen molar-refractivity contribution in [2.24, 2.45) is 0 Å². The van der Waals surface area contributed by atoms with Crippen molar-refractivity contribution in [3.05, 3.63) is 15.6 Å². The van der Waals surface area contributed by atoms with Crippen LogP contribution in [0.5, 0.6) is 0 Å². The fourth-order valence-corrected chi connectivity index (χ4v) is 4.50. The number of carbonyl (C=O) groups excluding carboxylic acids is 2. The van der Waals surface area contributed by atoms with Crippen LogP contribution in [0.15, 0.2) is 0 Å². The lowest BCUT2D eigenvalue weighted by molar-refractivity contribution is -0.136. The van der Waals surface area contributed by atoms with E-state index in [0.717, 1.165) is 37.1 Å². The Labute approximate surface area is 135 Å². The van der Waals surface area contributed by atoms with Gasteiger partial charge in [0.2, 0.25) is 11.8 Å². The van der Waals surface area contributed by atoms with Gasteiger partial charge in [-0.15, -0.1) is 11.3 Å². The number of likely N-dealkylation sites (tertiary alicyclic amines) is 1. The molecule has 0 saturated carbocycles. The van der Waals surface area contributed by atoms with E-state index >= 15 is 0 Å². The molecule has 22 heavy (non-hydrogen) atoms. The average molecular weight is 321 g/mol. The average Bonchev–Trinajstić information content (AvgIpc) is 3.13. The van der Waals surface area contributed by atoms with Crippen molar-refractivity contribution in [2.75, 3.05) is 13.1 Å². The van der Waals surface area contributed by atoms with E-state index < -0.39 is 0 Å². The first kappa shape index (κ1) is 15.5. The highest BCUT2D eigenvalue weighted by Gasteiger charge is 2.31. The summed E-state index contributed by atoms with van der Waals surface area (Å²) in [6.45, 7) is 2.84. The number of thiazole rings is 1. The summed E-state index contributed by atoms with van der Waals surface area (Å²) in [7, 11) is 0. The van der Waals surface area contributed by atoms with Gasteiger partial charge in [-0.2, -0.15) is 0 Å². The molecule has 0 aromatic carbocycles. The summed E-state index contributed by atoms with van der Waals surface area (Å²) in [4.78, 5) is 31.5. The van der Waals surface area contributed by atoms with Crippen LogP contribution in [0, 0.1) is 0 Å². The number of amides is 2. The zero-order valence-corrected chi connectivity index (χ0v) is 13.9. The lowest BCUT2D eigenvalue weighted by Gasteiger charge is -2.22. The minimum absolute atomic E-state index is 0.00903. The first-order valence-corrected chi connectivity index (χ1v) is 8.99. The number of aryl methyl sites for hydroxylation is 2. The summed E-state index contributed by atoms with van der Waals surface area (Å²) in [5.41, 5.74) is 1.27. The third-order valence-corrected chi connectivity index (χ3v) is 5.71. The number of nitrogens with one attached hydrogen (secondary N) is 1. The van der Waals surface area contributed by atoms with Crippen LogP contribution < -0.4 is 5.32 Å². The van der Waals surface area contributed by atoms with E-state index in [9.17, 15) is 9.59 Å². The molecule has 1 atom stereocenters. The first-order chi connectivity index (χ1) is 10.6. The van der Waals surface area contributed by atoms with Gasteiger partial charge < -0.3 is 10.2 Å². The van der Waals surface area contributed by atoms with Gasteiger partial charge in [-0.25, -0.2) is 4.98 Å². The van der Waals surface area contributed by atoms with Crippen molar-refractivity contribution in [1.29, 1.82) is 0 Å². The number of carbonyl (C=O) groups is 2. The number of rotatable bonds is 4. The molecule has 1 fully saturated rings. The molecule has 5 nitrogen and oxygen atoms in total. The Morgan fingerprint density at radius 2 is 2.14 bits per heavy atom. The summed E-state index contributed by atoms with van der Waals surface area (Å²) in [5.74, 6) is -0.0285. The van der Waals surface area contributed by atoms with E-state index in [2.05, 4.69) is 5.32 Å². The minimum atomic E-state index is -0.276. The Kier molecular flexibility index (Phi) is 4.76. The summed E-state index contributed by atoms with van der Waals surface area (Å²) in [6.07, 6.45) is 7.26. The Bertz CT molecular complexity index is 546. The van der Waals surface area contributed by atoms with E-state index in [1.807, 2.05) is 0 Å². The van der Waals surface area contributed by atoms with Gasteiger partial charge in [-0.3, -0.25) is 9.59 Å². The van der Waals surface area contributed by atoms with Crippen LogP contribution in [0.25, 0.3) is 0 Å². The van der Waals surface area contributed by atoms with Gasteiger partial charge >= 0.3 is 0 Å². The van der Waals surface area contributed by atoms with Gasteiger partial charge in [0.1, 0.15) is 6.04 Å². The van der Waals surface area contributed by atoms with E-state index in [0.29, 0.717) is 13.1 Å². The molecule has 1 N–H and O–H groups in total. The lowest BCUT2D eigenvalue weighted by atomic mass is 10.0. The molecule has 2 amide bonds. The largest absolute Gasteiger partial charge is 0.354 e. The second-order valence-corrected chi connectivity index (χ2v) is 7.26. The highest BCUT2D eigenvalue weighted by Crippen LogP contribution is 2.26. The molecule has 0 unspecified atom stereocenters. The molecule has 1 aromatic heterocycles. The van der Waals surface area contributed by atoms with Crippen molar-refractivity contribution in [3.8, 4) is 0 Å². The molecular weight excluding hydrogens is 298 g/mol. The normalized spacial score (nSPS) is 20.8. The molecule has 1 aliphatic carbocycles. The molecule has 120 valence electrons. The maximum absolute atomic E-state index is 12.2. The molecule has 1 saturated heterocycles. The van der Waals surface area contributed by atoms with E-state index in [1.54, 1.807) is 16.2 Å². The summed E-state index contributed by atoms with van der Waals surface area (Å²) in [5, 5.41) is 4.10. The van der Waals surface area contributed by atoms with Gasteiger partial charge in [0.25, 0.3) is 0 Å². The molecule has 2 heterocycles. The number of aromatic nitrogens is 1. The third kappa shape index (κ3) is 3.32. The molecule has 1 aliphatic heterocycles. The van der Waals surface area contributed by atoms with Crippen molar-refractivity contribution in [2.45, 2.75) is 57.9 Å².